The molecular formula is C19H17F6N5O2. The minimum absolute atomic E-state index is 0.0157. The third-order valence-electron chi connectivity index (χ3n) is 5.10. The van der Waals surface area contributed by atoms with Crippen molar-refractivity contribution in [2.24, 2.45) is 0 Å². The third kappa shape index (κ3) is 4.29. The van der Waals surface area contributed by atoms with E-state index in [9.17, 15) is 31.1 Å². The summed E-state index contributed by atoms with van der Waals surface area (Å²) in [4.78, 5) is 21.2. The zero-order valence-electron chi connectivity index (χ0n) is 16.5. The third-order valence-corrected chi connectivity index (χ3v) is 5.10. The van der Waals surface area contributed by atoms with Gasteiger partial charge in [0.1, 0.15) is 11.6 Å². The van der Waals surface area contributed by atoms with E-state index in [0.29, 0.717) is 25.7 Å². The summed E-state index contributed by atoms with van der Waals surface area (Å²) >= 11 is 0. The normalized spacial score (nSPS) is 21.6. The van der Waals surface area contributed by atoms with E-state index < -0.39 is 41.5 Å². The first-order chi connectivity index (χ1) is 14.9. The molecule has 4 heterocycles. The number of ether oxygens (including phenoxy) is 1. The van der Waals surface area contributed by atoms with Crippen molar-refractivity contribution in [1.29, 1.82) is 0 Å². The van der Waals surface area contributed by atoms with E-state index in [4.69, 9.17) is 0 Å². The van der Waals surface area contributed by atoms with Crippen LogP contribution in [-0.4, -0.2) is 47.9 Å². The second-order valence-electron chi connectivity index (χ2n) is 7.47. The fraction of sp³-hybridized carbons (Fsp3) is 0.421. The molecule has 13 heteroatoms. The van der Waals surface area contributed by atoms with Gasteiger partial charge < -0.3 is 15.0 Å². The Labute approximate surface area is 177 Å². The minimum atomic E-state index is -5.01. The standard InChI is InChI=1S/C19H17F6N5O2/c1-9-8-30(5-4-26-9)13-7-10(18(20,21)22)6-12(28-13)11-2-3-27-16-14(11)15(19(23,24)25)32-17(31)29-16/h2-3,6-7,9,15,26H,4-5,8H2,1H3,(H,27,29,31)/t9-,15?/m1/s1. The average molecular weight is 461 g/mol. The zero-order chi connectivity index (χ0) is 23.3. The smallest absolute Gasteiger partial charge is 0.430 e. The molecule has 1 saturated heterocycles. The number of carbonyl (C=O) groups excluding carboxylic acids is 1. The van der Waals surface area contributed by atoms with Crippen molar-refractivity contribution < 1.29 is 35.9 Å². The molecule has 0 aliphatic carbocycles. The van der Waals surface area contributed by atoms with E-state index in [2.05, 4.69) is 25.3 Å². The monoisotopic (exact) mass is 461 g/mol. The maximum absolute atomic E-state index is 13.6. The van der Waals surface area contributed by atoms with Gasteiger partial charge in [0.15, 0.2) is 0 Å². The molecule has 2 aromatic rings. The van der Waals surface area contributed by atoms with Gasteiger partial charge in [0.05, 0.1) is 16.8 Å². The highest BCUT2D eigenvalue weighted by molar-refractivity contribution is 5.89. The van der Waals surface area contributed by atoms with Crippen LogP contribution in [0.2, 0.25) is 0 Å². The van der Waals surface area contributed by atoms with E-state index in [-0.39, 0.29) is 23.1 Å². The molecule has 0 bridgehead atoms. The van der Waals surface area contributed by atoms with Crippen molar-refractivity contribution in [2.75, 3.05) is 29.9 Å². The number of cyclic esters (lactones) is 1. The highest BCUT2D eigenvalue weighted by Crippen LogP contribution is 2.46. The second-order valence-corrected chi connectivity index (χ2v) is 7.47. The summed E-state index contributed by atoms with van der Waals surface area (Å²) in [7, 11) is 0. The van der Waals surface area contributed by atoms with Crippen LogP contribution in [0.4, 0.5) is 42.8 Å². The van der Waals surface area contributed by atoms with Gasteiger partial charge in [-0.1, -0.05) is 0 Å². The molecule has 0 aromatic carbocycles. The van der Waals surface area contributed by atoms with E-state index in [0.717, 1.165) is 18.3 Å². The van der Waals surface area contributed by atoms with Crippen LogP contribution >= 0.6 is 0 Å². The van der Waals surface area contributed by atoms with Crippen LogP contribution in [-0.2, 0) is 10.9 Å². The number of pyridine rings is 2. The molecule has 0 radical (unpaired) electrons. The molecule has 2 atom stereocenters. The van der Waals surface area contributed by atoms with Gasteiger partial charge in [0.25, 0.3) is 0 Å². The zero-order valence-corrected chi connectivity index (χ0v) is 16.5. The number of halogens is 6. The first-order valence-corrected chi connectivity index (χ1v) is 9.54. The molecule has 32 heavy (non-hydrogen) atoms. The number of anilines is 2. The van der Waals surface area contributed by atoms with E-state index in [1.807, 2.05) is 6.92 Å². The Kier molecular flexibility index (Phi) is 5.39. The summed E-state index contributed by atoms with van der Waals surface area (Å²) in [5.74, 6) is -0.462. The van der Waals surface area contributed by atoms with Crippen LogP contribution in [0.25, 0.3) is 11.3 Å². The molecular weight excluding hydrogens is 444 g/mol. The van der Waals surface area contributed by atoms with Gasteiger partial charge in [-0.2, -0.15) is 26.3 Å². The maximum atomic E-state index is 13.6. The SMILES string of the molecule is C[C@@H]1CN(c2cc(C(F)(F)F)cc(-c3ccnc4c3C(C(F)(F)F)OC(=O)N4)n2)CCN1. The Morgan fingerprint density at radius 1 is 1.19 bits per heavy atom. The number of carbonyl (C=O) groups is 1. The van der Waals surface area contributed by atoms with E-state index >= 15 is 0 Å². The fourth-order valence-electron chi connectivity index (χ4n) is 3.70. The number of nitrogens with zero attached hydrogens (tertiary/aromatic N) is 3. The Morgan fingerprint density at radius 2 is 1.94 bits per heavy atom. The van der Waals surface area contributed by atoms with Gasteiger partial charge in [0, 0.05) is 37.4 Å². The van der Waals surface area contributed by atoms with E-state index in [1.54, 1.807) is 4.90 Å². The largest absolute Gasteiger partial charge is 0.431 e. The van der Waals surface area contributed by atoms with Crippen LogP contribution in [0.15, 0.2) is 24.4 Å². The van der Waals surface area contributed by atoms with Crippen LogP contribution in [0.5, 0.6) is 0 Å². The number of amides is 1. The van der Waals surface area contributed by atoms with Gasteiger partial charge in [-0.05, 0) is 25.1 Å². The summed E-state index contributed by atoms with van der Waals surface area (Å²) in [6.45, 7) is 3.10. The number of alkyl halides is 6. The maximum Gasteiger partial charge on any atom is 0.430 e. The molecule has 1 fully saturated rings. The van der Waals surface area contributed by atoms with Gasteiger partial charge in [-0.15, -0.1) is 0 Å². The van der Waals surface area contributed by atoms with Crippen molar-refractivity contribution in [1.82, 2.24) is 15.3 Å². The molecule has 2 N–H and O–H groups in total. The Balaban J connectivity index is 1.90. The predicted octanol–water partition coefficient (Wildman–Crippen LogP) is 4.13. The quantitative estimate of drug-likeness (QED) is 0.655. The fourth-order valence-corrected chi connectivity index (χ4v) is 3.70. The number of fused-ring (bicyclic) bond motifs is 1. The molecule has 2 aliphatic rings. The van der Waals surface area contributed by atoms with Crippen LogP contribution in [0, 0.1) is 0 Å². The molecule has 2 aromatic heterocycles. The lowest BCUT2D eigenvalue weighted by Gasteiger charge is -2.33. The number of nitrogens with one attached hydrogen (secondary N) is 2. The highest BCUT2D eigenvalue weighted by atomic mass is 19.4. The van der Waals surface area contributed by atoms with Crippen molar-refractivity contribution in [3.8, 4) is 11.3 Å². The molecule has 2 aliphatic heterocycles. The lowest BCUT2D eigenvalue weighted by Crippen LogP contribution is -2.49. The summed E-state index contributed by atoms with van der Waals surface area (Å²) in [5, 5.41) is 5.22. The second kappa shape index (κ2) is 7.80. The highest BCUT2D eigenvalue weighted by Gasteiger charge is 2.49. The molecule has 7 nitrogen and oxygen atoms in total. The first-order valence-electron chi connectivity index (χ1n) is 9.54. The molecule has 4 rings (SSSR count). The predicted molar refractivity (Wildman–Crippen MR) is 101 cm³/mol. The lowest BCUT2D eigenvalue weighted by atomic mass is 9.98. The minimum Gasteiger partial charge on any atom is -0.431 e. The number of aromatic nitrogens is 2. The van der Waals surface area contributed by atoms with Gasteiger partial charge >= 0.3 is 18.4 Å². The van der Waals surface area contributed by atoms with E-state index in [1.165, 1.54) is 0 Å². The molecule has 172 valence electrons. The Hall–Kier alpha value is -3.09. The molecule has 1 amide bonds. The van der Waals surface area contributed by atoms with Gasteiger partial charge in [0.2, 0.25) is 6.10 Å². The number of piperazine rings is 1. The van der Waals surface area contributed by atoms with Crippen molar-refractivity contribution >= 4 is 17.7 Å². The van der Waals surface area contributed by atoms with Crippen molar-refractivity contribution in [2.45, 2.75) is 31.4 Å². The summed E-state index contributed by atoms with van der Waals surface area (Å²) in [5.41, 5.74) is -2.27. The average Bonchev–Trinajstić information content (AvgIpc) is 2.71. The number of hydrogen-bond donors (Lipinski definition) is 2. The van der Waals surface area contributed by atoms with Crippen LogP contribution < -0.4 is 15.5 Å². The number of rotatable bonds is 2. The van der Waals surface area contributed by atoms with Crippen LogP contribution in [0.1, 0.15) is 24.2 Å². The Morgan fingerprint density at radius 3 is 2.59 bits per heavy atom. The summed E-state index contributed by atoms with van der Waals surface area (Å²) in [6.07, 6.45) is -12.7. The molecule has 1 unspecified atom stereocenters. The molecule has 0 spiro atoms. The topological polar surface area (TPSA) is 79.4 Å². The Bertz CT molecular complexity index is 1040. The van der Waals surface area contributed by atoms with Crippen molar-refractivity contribution in [3.05, 3.63) is 35.5 Å². The van der Waals surface area contributed by atoms with Crippen LogP contribution in [0.3, 0.4) is 0 Å². The first kappa shape index (κ1) is 22.1. The number of hydrogen-bond acceptors (Lipinski definition) is 6. The summed E-state index contributed by atoms with van der Waals surface area (Å²) in [6, 6.07) is 2.64. The van der Waals surface area contributed by atoms with Crippen molar-refractivity contribution in [3.63, 3.8) is 0 Å². The van der Waals surface area contributed by atoms with Gasteiger partial charge in [-0.3, -0.25) is 5.32 Å². The summed E-state index contributed by atoms with van der Waals surface area (Å²) < 4.78 is 86.2. The lowest BCUT2D eigenvalue weighted by molar-refractivity contribution is -0.206. The molecule has 0 saturated carbocycles. The van der Waals surface area contributed by atoms with Gasteiger partial charge in [-0.25, -0.2) is 14.8 Å².